The van der Waals surface area contributed by atoms with Gasteiger partial charge in [-0.25, -0.2) is 0 Å². The lowest BCUT2D eigenvalue weighted by Gasteiger charge is -2.21. The first-order chi connectivity index (χ1) is 8.63. The SMILES string of the molecule is C=C(NCc1ccccc1)[C@@H](COC)NC(C)=O. The van der Waals surface area contributed by atoms with E-state index in [4.69, 9.17) is 4.74 Å². The number of hydrogen-bond acceptors (Lipinski definition) is 3. The number of rotatable bonds is 7. The summed E-state index contributed by atoms with van der Waals surface area (Å²) in [4.78, 5) is 11.1. The monoisotopic (exact) mass is 248 g/mol. The average molecular weight is 248 g/mol. The Labute approximate surface area is 108 Å². The molecule has 0 spiro atoms. The van der Waals surface area contributed by atoms with Crippen molar-refractivity contribution in [1.29, 1.82) is 0 Å². The van der Waals surface area contributed by atoms with Gasteiger partial charge in [0, 0.05) is 26.3 Å². The van der Waals surface area contributed by atoms with Gasteiger partial charge in [0.05, 0.1) is 12.6 Å². The van der Waals surface area contributed by atoms with Crippen molar-refractivity contribution in [3.8, 4) is 0 Å². The quantitative estimate of drug-likeness (QED) is 0.767. The first-order valence-electron chi connectivity index (χ1n) is 5.86. The van der Waals surface area contributed by atoms with Crippen LogP contribution in [-0.4, -0.2) is 25.7 Å². The molecule has 1 rings (SSSR count). The summed E-state index contributed by atoms with van der Waals surface area (Å²) in [5, 5.41) is 5.99. The number of amides is 1. The van der Waals surface area contributed by atoms with Crippen molar-refractivity contribution in [2.45, 2.75) is 19.5 Å². The summed E-state index contributed by atoms with van der Waals surface area (Å²) < 4.78 is 5.06. The van der Waals surface area contributed by atoms with Crippen LogP contribution in [-0.2, 0) is 16.1 Å². The first kappa shape index (κ1) is 14.3. The predicted molar refractivity (Wildman–Crippen MR) is 71.9 cm³/mol. The molecule has 0 fully saturated rings. The fourth-order valence-electron chi connectivity index (χ4n) is 1.58. The van der Waals surface area contributed by atoms with Crippen LogP contribution in [0, 0.1) is 0 Å². The highest BCUT2D eigenvalue weighted by Crippen LogP contribution is 2.02. The number of carbonyl (C=O) groups is 1. The molecule has 0 aliphatic heterocycles. The van der Waals surface area contributed by atoms with Crippen LogP contribution >= 0.6 is 0 Å². The number of methoxy groups -OCH3 is 1. The summed E-state index contributed by atoms with van der Waals surface area (Å²) in [7, 11) is 1.60. The normalized spacial score (nSPS) is 11.7. The van der Waals surface area contributed by atoms with E-state index in [0.29, 0.717) is 13.2 Å². The topological polar surface area (TPSA) is 50.4 Å². The minimum absolute atomic E-state index is 0.0975. The average Bonchev–Trinajstić information content (AvgIpc) is 2.36. The second-order valence-electron chi connectivity index (χ2n) is 4.07. The smallest absolute Gasteiger partial charge is 0.217 e. The second-order valence-corrected chi connectivity index (χ2v) is 4.07. The molecule has 0 aromatic heterocycles. The molecule has 1 aromatic rings. The Hall–Kier alpha value is -1.81. The zero-order valence-electron chi connectivity index (χ0n) is 10.9. The molecule has 0 saturated heterocycles. The highest BCUT2D eigenvalue weighted by atomic mass is 16.5. The maximum atomic E-state index is 11.1. The molecule has 0 saturated carbocycles. The van der Waals surface area contributed by atoms with E-state index >= 15 is 0 Å². The van der Waals surface area contributed by atoms with E-state index in [-0.39, 0.29) is 11.9 Å². The molecule has 4 nitrogen and oxygen atoms in total. The van der Waals surface area contributed by atoms with Gasteiger partial charge in [-0.05, 0) is 5.56 Å². The van der Waals surface area contributed by atoms with Gasteiger partial charge in [-0.2, -0.15) is 0 Å². The second kappa shape index (κ2) is 7.50. The van der Waals surface area contributed by atoms with Gasteiger partial charge < -0.3 is 15.4 Å². The zero-order valence-corrected chi connectivity index (χ0v) is 10.9. The highest BCUT2D eigenvalue weighted by Gasteiger charge is 2.13. The van der Waals surface area contributed by atoms with E-state index in [1.54, 1.807) is 7.11 Å². The third kappa shape index (κ3) is 5.01. The highest BCUT2D eigenvalue weighted by molar-refractivity contribution is 5.73. The van der Waals surface area contributed by atoms with Gasteiger partial charge >= 0.3 is 0 Å². The molecule has 0 bridgehead atoms. The van der Waals surface area contributed by atoms with Gasteiger partial charge in [0.15, 0.2) is 0 Å². The Morgan fingerprint density at radius 3 is 2.61 bits per heavy atom. The van der Waals surface area contributed by atoms with Crippen LogP contribution in [0.3, 0.4) is 0 Å². The third-order valence-corrected chi connectivity index (χ3v) is 2.49. The van der Waals surface area contributed by atoms with Crippen molar-refractivity contribution >= 4 is 5.91 Å². The lowest BCUT2D eigenvalue weighted by atomic mass is 10.2. The molecule has 0 radical (unpaired) electrons. The van der Waals surface area contributed by atoms with Gasteiger partial charge in [-0.3, -0.25) is 4.79 Å². The fraction of sp³-hybridized carbons (Fsp3) is 0.357. The standard InChI is InChI=1S/C14H20N2O2/c1-11(14(10-18-3)16-12(2)17)15-9-13-7-5-4-6-8-13/h4-8,14-15H,1,9-10H2,2-3H3,(H,16,17)/t14-/m1/s1. The van der Waals surface area contributed by atoms with Crippen LogP contribution in [0.25, 0.3) is 0 Å². The van der Waals surface area contributed by atoms with Crippen molar-refractivity contribution in [2.24, 2.45) is 0 Å². The van der Waals surface area contributed by atoms with Crippen LogP contribution in [0.1, 0.15) is 12.5 Å². The molecule has 0 heterocycles. The molecule has 0 aliphatic carbocycles. The molecule has 4 heteroatoms. The van der Waals surface area contributed by atoms with Crippen LogP contribution in [0.2, 0.25) is 0 Å². The molecule has 0 aliphatic rings. The van der Waals surface area contributed by atoms with E-state index < -0.39 is 0 Å². The number of ether oxygens (including phenoxy) is 1. The Morgan fingerprint density at radius 1 is 1.39 bits per heavy atom. The van der Waals surface area contributed by atoms with Crippen LogP contribution in [0.15, 0.2) is 42.6 Å². The molecule has 1 aromatic carbocycles. The van der Waals surface area contributed by atoms with Crippen molar-refractivity contribution in [3.63, 3.8) is 0 Å². The van der Waals surface area contributed by atoms with Gasteiger partial charge in [-0.1, -0.05) is 36.9 Å². The van der Waals surface area contributed by atoms with Crippen LogP contribution in [0.4, 0.5) is 0 Å². The summed E-state index contributed by atoms with van der Waals surface area (Å²) in [6, 6.07) is 9.80. The van der Waals surface area contributed by atoms with Gasteiger partial charge in [0.2, 0.25) is 5.91 Å². The third-order valence-electron chi connectivity index (χ3n) is 2.49. The van der Waals surface area contributed by atoms with Gasteiger partial charge in [-0.15, -0.1) is 0 Å². The Morgan fingerprint density at radius 2 is 2.06 bits per heavy atom. The molecule has 1 amide bonds. The summed E-state index contributed by atoms with van der Waals surface area (Å²) in [5.41, 5.74) is 1.91. The van der Waals surface area contributed by atoms with E-state index in [1.807, 2.05) is 30.3 Å². The lowest BCUT2D eigenvalue weighted by molar-refractivity contribution is -0.119. The largest absolute Gasteiger partial charge is 0.383 e. The minimum Gasteiger partial charge on any atom is -0.383 e. The lowest BCUT2D eigenvalue weighted by Crippen LogP contribution is -2.41. The van der Waals surface area contributed by atoms with E-state index in [0.717, 1.165) is 11.3 Å². The molecule has 1 atom stereocenters. The van der Waals surface area contributed by atoms with Crippen LogP contribution < -0.4 is 10.6 Å². The summed E-state index contributed by atoms with van der Waals surface area (Å²) in [5.74, 6) is -0.0975. The Balaban J connectivity index is 2.48. The van der Waals surface area contributed by atoms with E-state index in [2.05, 4.69) is 17.2 Å². The number of benzene rings is 1. The van der Waals surface area contributed by atoms with Crippen molar-refractivity contribution < 1.29 is 9.53 Å². The van der Waals surface area contributed by atoms with Gasteiger partial charge in [0.25, 0.3) is 0 Å². The molecule has 0 unspecified atom stereocenters. The molecule has 18 heavy (non-hydrogen) atoms. The summed E-state index contributed by atoms with van der Waals surface area (Å²) in [6.45, 7) is 6.50. The first-order valence-corrected chi connectivity index (χ1v) is 5.86. The van der Waals surface area contributed by atoms with Gasteiger partial charge in [0.1, 0.15) is 0 Å². The minimum atomic E-state index is -0.212. The Bertz CT molecular complexity index is 390. The molecular weight excluding hydrogens is 228 g/mol. The summed E-state index contributed by atoms with van der Waals surface area (Å²) in [6.07, 6.45) is 0. The fourth-order valence-corrected chi connectivity index (χ4v) is 1.58. The zero-order chi connectivity index (χ0) is 13.4. The molecule has 2 N–H and O–H groups in total. The maximum Gasteiger partial charge on any atom is 0.217 e. The number of carbonyl (C=O) groups excluding carboxylic acids is 1. The number of nitrogens with one attached hydrogen (secondary N) is 2. The number of hydrogen-bond donors (Lipinski definition) is 2. The maximum absolute atomic E-state index is 11.1. The van der Waals surface area contributed by atoms with Crippen molar-refractivity contribution in [1.82, 2.24) is 10.6 Å². The van der Waals surface area contributed by atoms with Crippen molar-refractivity contribution in [3.05, 3.63) is 48.2 Å². The predicted octanol–water partition coefficient (Wildman–Crippen LogP) is 1.44. The van der Waals surface area contributed by atoms with Crippen LogP contribution in [0.5, 0.6) is 0 Å². The Kier molecular flexibility index (Phi) is 5.94. The molecular formula is C14H20N2O2. The molecule has 98 valence electrons. The van der Waals surface area contributed by atoms with Crippen molar-refractivity contribution in [2.75, 3.05) is 13.7 Å². The van der Waals surface area contributed by atoms with E-state index in [9.17, 15) is 4.79 Å². The van der Waals surface area contributed by atoms with E-state index in [1.165, 1.54) is 6.92 Å². The summed E-state index contributed by atoms with van der Waals surface area (Å²) >= 11 is 0.